The number of aromatic nitrogens is 2. The van der Waals surface area contributed by atoms with Gasteiger partial charge in [-0.1, -0.05) is 32.9 Å². The zero-order valence-electron chi connectivity index (χ0n) is 19.3. The molecule has 2 aromatic rings. The Balaban J connectivity index is 1.50. The van der Waals surface area contributed by atoms with Gasteiger partial charge in [0.2, 0.25) is 17.5 Å². The molecule has 12 heteroatoms. The van der Waals surface area contributed by atoms with Gasteiger partial charge in [0.1, 0.15) is 6.33 Å². The zero-order valence-corrected chi connectivity index (χ0v) is 19.3. The van der Waals surface area contributed by atoms with Gasteiger partial charge in [0.15, 0.2) is 0 Å². The Morgan fingerprint density at radius 1 is 1.12 bits per heavy atom. The van der Waals surface area contributed by atoms with Crippen molar-refractivity contribution in [1.82, 2.24) is 15.4 Å². The van der Waals surface area contributed by atoms with Crippen LogP contribution in [0, 0.1) is 31.1 Å². The van der Waals surface area contributed by atoms with E-state index in [4.69, 9.17) is 0 Å². The first-order valence-corrected chi connectivity index (χ1v) is 11.0. The highest BCUT2D eigenvalue weighted by atomic mass is 16.6. The van der Waals surface area contributed by atoms with Gasteiger partial charge in [0.25, 0.3) is 5.69 Å². The summed E-state index contributed by atoms with van der Waals surface area (Å²) in [6, 6.07) is 5.73. The Morgan fingerprint density at radius 3 is 2.47 bits per heavy atom. The summed E-state index contributed by atoms with van der Waals surface area (Å²) in [5.41, 5.74) is 5.39. The summed E-state index contributed by atoms with van der Waals surface area (Å²) in [7, 11) is 0. The second-order valence-electron chi connectivity index (χ2n) is 10.3. The van der Waals surface area contributed by atoms with Crippen molar-refractivity contribution in [2.24, 2.45) is 10.8 Å². The summed E-state index contributed by atoms with van der Waals surface area (Å²) in [4.78, 5) is 44.3. The number of anilines is 2. The second-order valence-corrected chi connectivity index (χ2v) is 10.3. The van der Waals surface area contributed by atoms with E-state index in [2.05, 4.69) is 41.6 Å². The number of nitro groups is 2. The van der Waals surface area contributed by atoms with Crippen molar-refractivity contribution in [3.63, 3.8) is 0 Å². The number of amides is 1. The number of carbonyl (C=O) groups is 1. The lowest BCUT2D eigenvalue weighted by atomic mass is 9.65. The van der Waals surface area contributed by atoms with E-state index >= 15 is 0 Å². The molecule has 2 bridgehead atoms. The molecule has 34 heavy (non-hydrogen) atoms. The van der Waals surface area contributed by atoms with Crippen LogP contribution in [0.2, 0.25) is 0 Å². The van der Waals surface area contributed by atoms with Gasteiger partial charge in [0, 0.05) is 24.7 Å². The highest BCUT2D eigenvalue weighted by molar-refractivity contribution is 5.81. The fourth-order valence-electron chi connectivity index (χ4n) is 5.64. The monoisotopic (exact) mass is 469 g/mol. The summed E-state index contributed by atoms with van der Waals surface area (Å²) in [5, 5.41) is 22.8. The van der Waals surface area contributed by atoms with E-state index in [-0.39, 0.29) is 46.3 Å². The first-order valence-electron chi connectivity index (χ1n) is 11.0. The van der Waals surface area contributed by atoms with Crippen molar-refractivity contribution in [3.8, 4) is 0 Å². The molecule has 1 aromatic carbocycles. The molecule has 1 saturated carbocycles. The van der Waals surface area contributed by atoms with Gasteiger partial charge >= 0.3 is 5.69 Å². The predicted molar refractivity (Wildman–Crippen MR) is 124 cm³/mol. The largest absolute Gasteiger partial charge is 0.355 e. The van der Waals surface area contributed by atoms with Crippen molar-refractivity contribution in [3.05, 3.63) is 56.4 Å². The molecule has 0 spiro atoms. The summed E-state index contributed by atoms with van der Waals surface area (Å²) >= 11 is 0. The first kappa shape index (κ1) is 23.3. The van der Waals surface area contributed by atoms with Crippen LogP contribution < -0.4 is 15.8 Å². The molecule has 1 aliphatic carbocycles. The number of nitrogens with zero attached hydrogens (tertiary/aromatic N) is 5. The summed E-state index contributed by atoms with van der Waals surface area (Å²) in [6.07, 6.45) is 4.09. The van der Waals surface area contributed by atoms with Crippen LogP contribution in [-0.4, -0.2) is 38.3 Å². The van der Waals surface area contributed by atoms with Gasteiger partial charge < -0.3 is 4.90 Å². The van der Waals surface area contributed by atoms with E-state index < -0.39 is 15.8 Å². The third-order valence-corrected chi connectivity index (χ3v) is 6.50. The number of benzene rings is 1. The number of hydrogen-bond acceptors (Lipinski definition) is 9. The van der Waals surface area contributed by atoms with Gasteiger partial charge in [-0.15, -0.1) is 0 Å². The van der Waals surface area contributed by atoms with Crippen molar-refractivity contribution in [1.29, 1.82) is 0 Å². The summed E-state index contributed by atoms with van der Waals surface area (Å²) < 4.78 is 0. The minimum Gasteiger partial charge on any atom is -0.347 e. The normalized spacial score (nSPS) is 22.8. The Hall–Kier alpha value is -3.83. The number of nitro benzene ring substituents is 1. The topological polar surface area (TPSA) is 156 Å². The van der Waals surface area contributed by atoms with Crippen LogP contribution in [0.1, 0.15) is 45.6 Å². The van der Waals surface area contributed by atoms with Crippen LogP contribution >= 0.6 is 0 Å². The smallest absolute Gasteiger partial charge is 0.347 e. The fraction of sp³-hybridized carbons (Fsp3) is 0.500. The lowest BCUT2D eigenvalue weighted by Gasteiger charge is -2.39. The maximum Gasteiger partial charge on any atom is 0.355 e. The van der Waals surface area contributed by atoms with Gasteiger partial charge in [-0.25, -0.2) is 9.97 Å². The Labute approximate surface area is 196 Å². The number of carbonyl (C=O) groups excluding carboxylic acids is 1. The number of non-ortho nitro benzene ring substituents is 1. The summed E-state index contributed by atoms with van der Waals surface area (Å²) in [6.45, 7) is 7.34. The van der Waals surface area contributed by atoms with Gasteiger partial charge in [-0.3, -0.25) is 35.9 Å². The number of nitrogens with one attached hydrogen (secondary N) is 2. The van der Waals surface area contributed by atoms with Crippen LogP contribution in [0.3, 0.4) is 0 Å². The molecule has 0 radical (unpaired) electrons. The molecule has 1 saturated heterocycles. The summed E-state index contributed by atoms with van der Waals surface area (Å²) in [5.74, 6) is -0.328. The van der Waals surface area contributed by atoms with E-state index in [0.29, 0.717) is 12.1 Å². The fourth-order valence-corrected chi connectivity index (χ4v) is 5.64. The highest BCUT2D eigenvalue weighted by Gasteiger charge is 2.51. The Morgan fingerprint density at radius 2 is 1.82 bits per heavy atom. The number of rotatable bonds is 7. The van der Waals surface area contributed by atoms with Crippen molar-refractivity contribution >= 4 is 28.9 Å². The molecule has 12 nitrogen and oxygen atoms in total. The Bertz CT molecular complexity index is 1140. The molecule has 2 aliphatic rings. The van der Waals surface area contributed by atoms with Crippen LogP contribution in [-0.2, 0) is 11.2 Å². The molecule has 1 aliphatic heterocycles. The van der Waals surface area contributed by atoms with E-state index in [9.17, 15) is 25.0 Å². The zero-order chi connectivity index (χ0) is 24.7. The van der Waals surface area contributed by atoms with Gasteiger partial charge in [0.05, 0.1) is 16.3 Å². The molecule has 2 fully saturated rings. The van der Waals surface area contributed by atoms with Crippen LogP contribution in [0.15, 0.2) is 30.6 Å². The minimum atomic E-state index is -0.532. The quantitative estimate of drug-likeness (QED) is 0.458. The average molecular weight is 470 g/mol. The molecule has 4 rings (SSSR count). The number of fused-ring (bicyclic) bond motifs is 2. The molecule has 1 aromatic heterocycles. The maximum absolute atomic E-state index is 12.4. The average Bonchev–Trinajstić information content (AvgIpc) is 3.00. The van der Waals surface area contributed by atoms with Crippen LogP contribution in [0.5, 0.6) is 0 Å². The Kier molecular flexibility index (Phi) is 5.84. The molecule has 2 unspecified atom stereocenters. The molecule has 2 heterocycles. The van der Waals surface area contributed by atoms with Gasteiger partial charge in [-0.2, -0.15) is 0 Å². The lowest BCUT2D eigenvalue weighted by Crippen LogP contribution is -2.35. The number of hydrogen-bond donors (Lipinski definition) is 2. The second kappa shape index (κ2) is 8.50. The lowest BCUT2D eigenvalue weighted by molar-refractivity contribution is -0.384. The van der Waals surface area contributed by atoms with Crippen molar-refractivity contribution in [2.45, 2.75) is 52.5 Å². The SMILES string of the molecule is CC1(C)CC2CC(C)(CN2c2ncnc(NNC(=O)Cc3ccc([N+](=O)[O-])cc3)c2[N+](=O)[O-])C1. The van der Waals surface area contributed by atoms with E-state index in [1.807, 2.05) is 4.90 Å². The minimum absolute atomic E-state index is 0.0534. The third kappa shape index (κ3) is 4.75. The highest BCUT2D eigenvalue weighted by Crippen LogP contribution is 2.54. The molecule has 1 amide bonds. The molecule has 180 valence electrons. The molecular formula is C22H27N7O5. The molecule has 2 N–H and O–H groups in total. The van der Waals surface area contributed by atoms with E-state index in [1.165, 1.54) is 30.6 Å². The van der Waals surface area contributed by atoms with E-state index in [1.54, 1.807) is 0 Å². The van der Waals surface area contributed by atoms with Crippen molar-refractivity contribution in [2.75, 3.05) is 16.9 Å². The number of hydrazine groups is 1. The molecular weight excluding hydrogens is 442 g/mol. The maximum atomic E-state index is 12.4. The third-order valence-electron chi connectivity index (χ3n) is 6.50. The van der Waals surface area contributed by atoms with Crippen LogP contribution in [0.25, 0.3) is 0 Å². The van der Waals surface area contributed by atoms with Crippen LogP contribution in [0.4, 0.5) is 23.0 Å². The first-order chi connectivity index (χ1) is 16.0. The van der Waals surface area contributed by atoms with Gasteiger partial charge in [-0.05, 0) is 35.7 Å². The van der Waals surface area contributed by atoms with E-state index in [0.717, 1.165) is 19.3 Å². The molecule has 2 atom stereocenters. The predicted octanol–water partition coefficient (Wildman–Crippen LogP) is 3.38. The van der Waals surface area contributed by atoms with Crippen molar-refractivity contribution < 1.29 is 14.6 Å². The standard InChI is InChI=1S/C22H27N7O5/c1-21(2)9-16-10-22(3,11-21)12-27(16)20-18(29(33)34)19(23-13-24-20)26-25-17(30)8-14-4-6-15(7-5-14)28(31)32/h4-7,13,16H,8-12H2,1-3H3,(H,25,30)(H,23,24,26).